The van der Waals surface area contributed by atoms with Gasteiger partial charge in [0.2, 0.25) is 0 Å². The first-order valence-corrected chi connectivity index (χ1v) is 7.09. The third-order valence-electron chi connectivity index (χ3n) is 4.16. The lowest BCUT2D eigenvalue weighted by Gasteiger charge is -2.45. The van der Waals surface area contributed by atoms with E-state index in [-0.39, 0.29) is 0 Å². The lowest BCUT2D eigenvalue weighted by Crippen LogP contribution is -2.56. The highest BCUT2D eigenvalue weighted by Crippen LogP contribution is 2.27. The second kappa shape index (κ2) is 6.08. The van der Waals surface area contributed by atoms with Gasteiger partial charge < -0.3 is 4.90 Å². The van der Waals surface area contributed by atoms with Gasteiger partial charge in [0, 0.05) is 24.8 Å². The minimum atomic E-state index is 0.305. The van der Waals surface area contributed by atoms with E-state index >= 15 is 0 Å². The van der Waals surface area contributed by atoms with Crippen molar-refractivity contribution in [2.24, 2.45) is 0 Å². The first kappa shape index (κ1) is 13.9. The van der Waals surface area contributed by atoms with Crippen molar-refractivity contribution in [2.45, 2.75) is 38.8 Å². The fourth-order valence-electron chi connectivity index (χ4n) is 2.85. The summed E-state index contributed by atoms with van der Waals surface area (Å²) in [5.74, 6) is 0. The zero-order valence-corrected chi connectivity index (χ0v) is 12.1. The molecule has 1 saturated heterocycles. The van der Waals surface area contributed by atoms with Crippen LogP contribution in [0.1, 0.15) is 25.8 Å². The molecule has 2 unspecified atom stereocenters. The van der Waals surface area contributed by atoms with Crippen molar-refractivity contribution in [1.82, 2.24) is 4.90 Å². The maximum atomic E-state index is 9.07. The van der Waals surface area contributed by atoms with Crippen LogP contribution in [-0.2, 0) is 6.42 Å². The predicted molar refractivity (Wildman–Crippen MR) is 79.3 cm³/mol. The van der Waals surface area contributed by atoms with Crippen LogP contribution in [0.15, 0.2) is 24.3 Å². The number of benzene rings is 1. The highest BCUT2D eigenvalue weighted by molar-refractivity contribution is 5.55. The molecule has 0 aromatic heterocycles. The van der Waals surface area contributed by atoms with E-state index in [4.69, 9.17) is 5.26 Å². The number of hydrogen-bond donors (Lipinski definition) is 0. The van der Waals surface area contributed by atoms with Gasteiger partial charge in [-0.15, -0.1) is 0 Å². The Balaban J connectivity index is 2.31. The van der Waals surface area contributed by atoms with Gasteiger partial charge in [0.05, 0.1) is 18.5 Å². The summed E-state index contributed by atoms with van der Waals surface area (Å²) in [5, 5.41) is 9.07. The molecule has 0 radical (unpaired) electrons. The Bertz CT molecular complexity index is 463. The minimum Gasteiger partial charge on any atom is -0.364 e. The molecule has 0 spiro atoms. The lowest BCUT2D eigenvalue weighted by atomic mass is 10.0. The van der Waals surface area contributed by atoms with Gasteiger partial charge in [0.1, 0.15) is 0 Å². The SMILES string of the molecule is CCc1ccccc1N1CC(C)N(C)CC1CC#N. The first-order chi connectivity index (χ1) is 9.17. The van der Waals surface area contributed by atoms with Crippen molar-refractivity contribution in [2.75, 3.05) is 25.0 Å². The molecule has 3 heteroatoms. The standard InChI is InChI=1S/C16H23N3/c1-4-14-7-5-6-8-16(14)19-11-13(2)18(3)12-15(19)9-10-17/h5-8,13,15H,4,9,11-12H2,1-3H3. The number of aryl methyl sites for hydroxylation is 1. The second-order valence-electron chi connectivity index (χ2n) is 5.44. The number of nitriles is 1. The number of anilines is 1. The molecule has 1 aromatic carbocycles. The van der Waals surface area contributed by atoms with E-state index in [0.29, 0.717) is 18.5 Å². The maximum Gasteiger partial charge on any atom is 0.0643 e. The van der Waals surface area contributed by atoms with Crippen LogP contribution in [0.25, 0.3) is 0 Å². The van der Waals surface area contributed by atoms with Gasteiger partial charge >= 0.3 is 0 Å². The molecule has 3 nitrogen and oxygen atoms in total. The van der Waals surface area contributed by atoms with Crippen molar-refractivity contribution in [3.05, 3.63) is 29.8 Å². The minimum absolute atomic E-state index is 0.305. The van der Waals surface area contributed by atoms with Crippen LogP contribution in [0.5, 0.6) is 0 Å². The molecule has 0 N–H and O–H groups in total. The van der Waals surface area contributed by atoms with E-state index in [1.165, 1.54) is 11.3 Å². The fraction of sp³-hybridized carbons (Fsp3) is 0.562. The summed E-state index contributed by atoms with van der Waals surface area (Å²) in [6.07, 6.45) is 1.63. The Morgan fingerprint density at radius 2 is 2.05 bits per heavy atom. The van der Waals surface area contributed by atoms with Crippen LogP contribution < -0.4 is 4.90 Å². The molecular formula is C16H23N3. The molecule has 1 heterocycles. The van der Waals surface area contributed by atoms with E-state index in [0.717, 1.165) is 19.5 Å². The molecular weight excluding hydrogens is 234 g/mol. The molecule has 1 fully saturated rings. The van der Waals surface area contributed by atoms with Crippen molar-refractivity contribution >= 4 is 5.69 Å². The largest absolute Gasteiger partial charge is 0.364 e. The Hall–Kier alpha value is -1.53. The summed E-state index contributed by atoms with van der Waals surface area (Å²) in [4.78, 5) is 4.79. The van der Waals surface area contributed by atoms with Crippen LogP contribution in [0.3, 0.4) is 0 Å². The van der Waals surface area contributed by atoms with Crippen LogP contribution in [0.4, 0.5) is 5.69 Å². The van der Waals surface area contributed by atoms with Crippen LogP contribution in [-0.4, -0.2) is 37.1 Å². The van der Waals surface area contributed by atoms with Gasteiger partial charge in [-0.3, -0.25) is 4.90 Å². The molecule has 0 aliphatic carbocycles. The molecule has 1 aliphatic rings. The molecule has 0 bridgehead atoms. The number of rotatable bonds is 3. The van der Waals surface area contributed by atoms with Crippen LogP contribution in [0.2, 0.25) is 0 Å². The van der Waals surface area contributed by atoms with Gasteiger partial charge in [-0.1, -0.05) is 25.1 Å². The Morgan fingerprint density at radius 3 is 2.74 bits per heavy atom. The Kier molecular flexibility index (Phi) is 4.44. The van der Waals surface area contributed by atoms with Crippen LogP contribution in [0, 0.1) is 11.3 Å². The van der Waals surface area contributed by atoms with Crippen LogP contribution >= 0.6 is 0 Å². The summed E-state index contributed by atoms with van der Waals surface area (Å²) < 4.78 is 0. The molecule has 0 saturated carbocycles. The van der Waals surface area contributed by atoms with Crippen molar-refractivity contribution < 1.29 is 0 Å². The van der Waals surface area contributed by atoms with Crippen molar-refractivity contribution in [1.29, 1.82) is 5.26 Å². The monoisotopic (exact) mass is 257 g/mol. The Morgan fingerprint density at radius 1 is 1.32 bits per heavy atom. The maximum absolute atomic E-state index is 9.07. The number of likely N-dealkylation sites (N-methyl/N-ethyl adjacent to an activating group) is 1. The van der Waals surface area contributed by atoms with Gasteiger partial charge in [0.15, 0.2) is 0 Å². The van der Waals surface area contributed by atoms with Gasteiger partial charge in [0.25, 0.3) is 0 Å². The summed E-state index contributed by atoms with van der Waals surface area (Å²) >= 11 is 0. The average Bonchev–Trinajstić information content (AvgIpc) is 2.43. The molecule has 2 rings (SSSR count). The van der Waals surface area contributed by atoms with Gasteiger partial charge in [-0.2, -0.15) is 5.26 Å². The van der Waals surface area contributed by atoms with Gasteiger partial charge in [-0.25, -0.2) is 0 Å². The van der Waals surface area contributed by atoms with E-state index in [1.54, 1.807) is 0 Å². The topological polar surface area (TPSA) is 30.3 Å². The highest BCUT2D eigenvalue weighted by Gasteiger charge is 2.30. The lowest BCUT2D eigenvalue weighted by molar-refractivity contribution is 0.200. The van der Waals surface area contributed by atoms with Gasteiger partial charge in [-0.05, 0) is 32.0 Å². The fourth-order valence-corrected chi connectivity index (χ4v) is 2.85. The summed E-state index contributed by atoms with van der Waals surface area (Å²) in [5.41, 5.74) is 2.69. The van der Waals surface area contributed by atoms with Crippen molar-refractivity contribution in [3.8, 4) is 6.07 Å². The quantitative estimate of drug-likeness (QED) is 0.834. The predicted octanol–water partition coefficient (Wildman–Crippen LogP) is 2.67. The van der Waals surface area contributed by atoms with E-state index in [1.807, 2.05) is 0 Å². The van der Waals surface area contributed by atoms with E-state index in [9.17, 15) is 0 Å². The molecule has 102 valence electrons. The number of hydrogen-bond acceptors (Lipinski definition) is 3. The third kappa shape index (κ3) is 2.90. The third-order valence-corrected chi connectivity index (χ3v) is 4.16. The Labute approximate surface area is 116 Å². The summed E-state index contributed by atoms with van der Waals surface area (Å²) in [6, 6.07) is 11.8. The highest BCUT2D eigenvalue weighted by atomic mass is 15.3. The molecule has 1 aromatic rings. The smallest absolute Gasteiger partial charge is 0.0643 e. The average molecular weight is 257 g/mol. The van der Waals surface area contributed by atoms with E-state index < -0.39 is 0 Å². The number of para-hydroxylation sites is 1. The normalized spacial score (nSPS) is 24.2. The zero-order chi connectivity index (χ0) is 13.8. The zero-order valence-electron chi connectivity index (χ0n) is 12.1. The molecule has 2 atom stereocenters. The second-order valence-corrected chi connectivity index (χ2v) is 5.44. The summed E-state index contributed by atoms with van der Waals surface area (Å²) in [6.45, 7) is 6.41. The van der Waals surface area contributed by atoms with E-state index in [2.05, 4.69) is 61.0 Å². The molecule has 1 aliphatic heterocycles. The number of piperazine rings is 1. The van der Waals surface area contributed by atoms with Crippen molar-refractivity contribution in [3.63, 3.8) is 0 Å². The molecule has 0 amide bonds. The molecule has 19 heavy (non-hydrogen) atoms. The number of nitrogens with zero attached hydrogens (tertiary/aromatic N) is 3. The summed E-state index contributed by atoms with van der Waals surface area (Å²) in [7, 11) is 2.15. The first-order valence-electron chi connectivity index (χ1n) is 7.09.